The Morgan fingerprint density at radius 2 is 1.66 bits per heavy atom. The summed E-state index contributed by atoms with van der Waals surface area (Å²) in [6.45, 7) is 4.74. The van der Waals surface area contributed by atoms with Crippen LogP contribution >= 0.6 is 35.2 Å². The molecule has 1 aliphatic heterocycles. The van der Waals surface area contributed by atoms with Gasteiger partial charge in [0.25, 0.3) is 0 Å². The second-order valence-corrected chi connectivity index (χ2v) is 21.9. The number of hydrogen-bond donors (Lipinski definition) is 9. The quantitative estimate of drug-likeness (QED) is 0.0341. The van der Waals surface area contributed by atoms with Gasteiger partial charge in [-0.3, -0.25) is 32.5 Å². The van der Waals surface area contributed by atoms with Crippen LogP contribution in [0.25, 0.3) is 11.2 Å². The molecule has 3 aromatic rings. The average Bonchev–Trinajstić information content (AvgIpc) is 3.92. The van der Waals surface area contributed by atoms with Crippen molar-refractivity contribution in [3.8, 4) is 0 Å². The van der Waals surface area contributed by atoms with Crippen LogP contribution in [0.2, 0.25) is 0 Å². The summed E-state index contributed by atoms with van der Waals surface area (Å²) in [6.07, 6.45) is 2.70. The van der Waals surface area contributed by atoms with Crippen LogP contribution in [0.1, 0.15) is 102 Å². The number of phosphoric ester groups is 3. The number of imidazole rings is 1. The number of carbonyl (C=O) groups excluding carboxylic acids is 3. The van der Waals surface area contributed by atoms with Gasteiger partial charge in [0.05, 0.1) is 19.5 Å². The van der Waals surface area contributed by atoms with Crippen molar-refractivity contribution in [3.63, 3.8) is 0 Å². The number of anilines is 1. The number of aliphatic hydroxyl groups excluding tert-OH is 2. The third kappa shape index (κ3) is 18.3. The van der Waals surface area contributed by atoms with Crippen LogP contribution < -0.4 is 16.4 Å². The molecule has 7 unspecified atom stereocenters. The van der Waals surface area contributed by atoms with Crippen molar-refractivity contribution in [2.45, 2.75) is 129 Å². The van der Waals surface area contributed by atoms with Gasteiger partial charge in [0.2, 0.25) is 11.8 Å². The Kier molecular flexibility index (Phi) is 21.6. The number of aliphatic hydroxyl groups is 2. The molecular weight excluding hydrogens is 967 g/mol. The lowest BCUT2D eigenvalue weighted by Crippen LogP contribution is -2.46. The van der Waals surface area contributed by atoms with Gasteiger partial charge in [0.15, 0.2) is 22.8 Å². The van der Waals surface area contributed by atoms with E-state index in [4.69, 9.17) is 23.9 Å². The standard InChI is InChI=1S/C38H62N7O18P3S/c1-5-6-7-8-9-12-25-19-24(2)26(60-25)13-10-11-14-29(47)67-18-17-40-28(46)15-16-41-36(50)33(49)38(3,4)21-59-66(56,57)63-65(54,55)58-20-27-32(62-64(51,52)53)31(48)37(61-27)45-23-44-30-34(39)42-22-43-35(30)45/h19,22-23,27,31-33,37,48-49H,5-18,20-21H2,1-4H3,(H,40,46)(H,41,50)(H,54,55)(H,56,57)(H2,39,42,43)(H2,51,52,53). The second-order valence-electron chi connectivity index (χ2n) is 16.5. The number of aromatic nitrogens is 4. The lowest BCUT2D eigenvalue weighted by Gasteiger charge is -2.30. The number of rotatable bonds is 30. The molecule has 67 heavy (non-hydrogen) atoms. The number of aryl methyl sites for hydroxylation is 3. The summed E-state index contributed by atoms with van der Waals surface area (Å²) in [5, 5.41) is 26.6. The number of nitrogens with zero attached hydrogens (tertiary/aromatic N) is 4. The molecule has 4 heterocycles. The predicted molar refractivity (Wildman–Crippen MR) is 241 cm³/mol. The van der Waals surface area contributed by atoms with E-state index in [9.17, 15) is 57.9 Å². The highest BCUT2D eigenvalue weighted by Crippen LogP contribution is 2.61. The number of amides is 2. The second kappa shape index (κ2) is 25.6. The first kappa shape index (κ1) is 56.4. The van der Waals surface area contributed by atoms with E-state index < -0.39 is 84.6 Å². The van der Waals surface area contributed by atoms with Crippen LogP contribution in [0.4, 0.5) is 5.82 Å². The first-order valence-electron chi connectivity index (χ1n) is 21.5. The van der Waals surface area contributed by atoms with Crippen molar-refractivity contribution in [1.29, 1.82) is 0 Å². The van der Waals surface area contributed by atoms with Gasteiger partial charge in [-0.1, -0.05) is 58.2 Å². The fraction of sp³-hybridized carbons (Fsp3) is 0.684. The molecule has 1 fully saturated rings. The number of nitrogen functional groups attached to an aromatic ring is 1. The summed E-state index contributed by atoms with van der Waals surface area (Å²) < 4.78 is 68.5. The molecule has 7 atom stereocenters. The minimum absolute atomic E-state index is 0.00937. The van der Waals surface area contributed by atoms with E-state index in [0.29, 0.717) is 18.6 Å². The number of phosphoric acid groups is 3. The van der Waals surface area contributed by atoms with Crippen LogP contribution in [0.3, 0.4) is 0 Å². The Morgan fingerprint density at radius 3 is 2.37 bits per heavy atom. The highest BCUT2D eigenvalue weighted by molar-refractivity contribution is 8.13. The molecule has 1 aliphatic rings. The molecule has 25 nitrogen and oxygen atoms in total. The molecule has 3 aromatic heterocycles. The van der Waals surface area contributed by atoms with Crippen LogP contribution in [-0.4, -0.2) is 123 Å². The fourth-order valence-corrected chi connectivity index (χ4v) is 10.3. The maximum Gasteiger partial charge on any atom is 0.481 e. The molecule has 4 rings (SSSR count). The Morgan fingerprint density at radius 1 is 0.955 bits per heavy atom. The molecule has 0 aliphatic carbocycles. The molecule has 0 bridgehead atoms. The number of ether oxygens (including phenoxy) is 1. The number of nitrogens with one attached hydrogen (secondary N) is 2. The van der Waals surface area contributed by atoms with Gasteiger partial charge < -0.3 is 55.3 Å². The lowest BCUT2D eigenvalue weighted by molar-refractivity contribution is -0.137. The van der Waals surface area contributed by atoms with Crippen molar-refractivity contribution >= 4 is 69.1 Å². The summed E-state index contributed by atoms with van der Waals surface area (Å²) >= 11 is 1.11. The number of fused-ring (bicyclic) bond motifs is 1. The smallest absolute Gasteiger partial charge is 0.466 e. The van der Waals surface area contributed by atoms with E-state index in [0.717, 1.165) is 71.8 Å². The average molecular weight is 1030 g/mol. The highest BCUT2D eigenvalue weighted by atomic mass is 32.2. The van der Waals surface area contributed by atoms with Gasteiger partial charge in [-0.2, -0.15) is 4.31 Å². The van der Waals surface area contributed by atoms with Crippen LogP contribution in [0, 0.1) is 12.3 Å². The molecule has 0 saturated carbocycles. The summed E-state index contributed by atoms with van der Waals surface area (Å²) in [5.41, 5.74) is 5.41. The largest absolute Gasteiger partial charge is 0.481 e. The number of thioether (sulfide) groups is 1. The number of hydrogen-bond acceptors (Lipinski definition) is 19. The van der Waals surface area contributed by atoms with Gasteiger partial charge in [0.1, 0.15) is 47.8 Å². The summed E-state index contributed by atoms with van der Waals surface area (Å²) in [6, 6.07) is 2.11. The highest BCUT2D eigenvalue weighted by Gasteiger charge is 2.50. The Bertz CT molecular complexity index is 2260. The van der Waals surface area contributed by atoms with Gasteiger partial charge in [-0.25, -0.2) is 28.6 Å². The first-order chi connectivity index (χ1) is 31.4. The van der Waals surface area contributed by atoms with Crippen molar-refractivity contribution in [2.75, 3.05) is 37.8 Å². The Hall–Kier alpha value is -3.16. The monoisotopic (exact) mass is 1030 g/mol. The van der Waals surface area contributed by atoms with E-state index in [-0.39, 0.29) is 41.6 Å². The van der Waals surface area contributed by atoms with Crippen LogP contribution in [0.5, 0.6) is 0 Å². The Balaban J connectivity index is 1.12. The summed E-state index contributed by atoms with van der Waals surface area (Å²) in [4.78, 5) is 88.6. The number of furan rings is 1. The Labute approximate surface area is 391 Å². The molecule has 0 spiro atoms. The maximum absolute atomic E-state index is 12.7. The molecular formula is C38H62N7O18P3S. The zero-order chi connectivity index (χ0) is 49.6. The fourth-order valence-electron chi connectivity index (χ4n) is 6.79. The third-order valence-electron chi connectivity index (χ3n) is 10.4. The molecule has 0 radical (unpaired) electrons. The molecule has 1 saturated heterocycles. The lowest BCUT2D eigenvalue weighted by atomic mass is 9.87. The van der Waals surface area contributed by atoms with E-state index >= 15 is 0 Å². The van der Waals surface area contributed by atoms with Gasteiger partial charge in [0, 0.05) is 49.9 Å². The van der Waals surface area contributed by atoms with Crippen LogP contribution in [-0.2, 0) is 63.5 Å². The molecule has 29 heteroatoms. The van der Waals surface area contributed by atoms with Gasteiger partial charge >= 0.3 is 23.5 Å². The summed E-state index contributed by atoms with van der Waals surface area (Å²) in [7, 11) is -16.4. The van der Waals surface area contributed by atoms with Crippen molar-refractivity contribution in [3.05, 3.63) is 35.8 Å². The van der Waals surface area contributed by atoms with Gasteiger partial charge in [-0.05, 0) is 37.8 Å². The number of carbonyl (C=O) groups is 3. The molecule has 2 amide bonds. The topological polar surface area (TPSA) is 377 Å². The summed E-state index contributed by atoms with van der Waals surface area (Å²) in [5.74, 6) is 0.886. The van der Waals surface area contributed by atoms with E-state index in [1.165, 1.54) is 39.5 Å². The molecule has 0 aromatic carbocycles. The zero-order valence-corrected chi connectivity index (χ0v) is 41.1. The van der Waals surface area contributed by atoms with E-state index in [2.05, 4.69) is 47.4 Å². The van der Waals surface area contributed by atoms with Gasteiger partial charge in [-0.15, -0.1) is 0 Å². The van der Waals surface area contributed by atoms with E-state index in [1.54, 1.807) is 0 Å². The van der Waals surface area contributed by atoms with Crippen molar-refractivity contribution in [2.24, 2.45) is 5.41 Å². The minimum Gasteiger partial charge on any atom is -0.466 e. The SMILES string of the molecule is CCCCCCCc1cc(C)c(CCCCC(=O)SCCNC(=O)CCNC(=O)C(O)C(C)(C)COP(=O)(O)OP(=O)(O)OCC2OC(n3cnc4c(N)ncnc43)C(O)C2OP(=O)(O)O)o1. The van der Waals surface area contributed by atoms with Crippen molar-refractivity contribution in [1.82, 2.24) is 30.2 Å². The van der Waals surface area contributed by atoms with E-state index in [1.807, 2.05) is 6.92 Å². The maximum atomic E-state index is 12.7. The van der Waals surface area contributed by atoms with Crippen molar-refractivity contribution < 1.29 is 84.9 Å². The molecule has 10 N–H and O–H groups in total. The third-order valence-corrected chi connectivity index (χ3v) is 14.4. The zero-order valence-electron chi connectivity index (χ0n) is 37.6. The number of unbranched alkanes of at least 4 members (excludes halogenated alkanes) is 5. The first-order valence-corrected chi connectivity index (χ1v) is 27.1. The minimum atomic E-state index is -5.58. The predicted octanol–water partition coefficient (Wildman–Crippen LogP) is 3.49. The van der Waals surface area contributed by atoms with Crippen LogP contribution in [0.15, 0.2) is 23.1 Å². The number of nitrogens with two attached hydrogens (primary N) is 1. The normalized spacial score (nSPS) is 20.1. The molecule has 378 valence electrons.